The van der Waals surface area contributed by atoms with E-state index < -0.39 is 0 Å². The molecule has 3 rings (SSSR count). The molecule has 2 heteroatoms. The molecule has 0 spiro atoms. The van der Waals surface area contributed by atoms with Gasteiger partial charge in [-0.25, -0.2) is 0 Å². The summed E-state index contributed by atoms with van der Waals surface area (Å²) in [6, 6.07) is 17.5. The van der Waals surface area contributed by atoms with Crippen LogP contribution in [-0.2, 0) is 12.5 Å². The summed E-state index contributed by atoms with van der Waals surface area (Å²) in [6.07, 6.45) is 0. The first-order valence-corrected chi connectivity index (χ1v) is 9.18. The van der Waals surface area contributed by atoms with E-state index in [-0.39, 0.29) is 5.41 Å². The van der Waals surface area contributed by atoms with Crippen molar-refractivity contribution in [3.63, 3.8) is 0 Å². The summed E-state index contributed by atoms with van der Waals surface area (Å²) < 4.78 is 7.93. The van der Waals surface area contributed by atoms with Crippen molar-refractivity contribution in [3.05, 3.63) is 65.4 Å². The fraction of sp³-hybridized carbons (Fsp3) is 0.391. The Bertz CT molecular complexity index is 869. The van der Waals surface area contributed by atoms with Crippen LogP contribution in [0.25, 0.3) is 10.9 Å². The van der Waals surface area contributed by atoms with Crippen LogP contribution >= 0.6 is 0 Å². The van der Waals surface area contributed by atoms with E-state index in [1.54, 1.807) is 0 Å². The maximum Gasteiger partial charge on any atom is 0.119 e. The van der Waals surface area contributed by atoms with Gasteiger partial charge >= 0.3 is 0 Å². The lowest BCUT2D eigenvalue weighted by Crippen LogP contribution is -2.22. The molecule has 0 atom stereocenters. The highest BCUT2D eigenvalue weighted by atomic mass is 16.5. The van der Waals surface area contributed by atoms with Crippen molar-refractivity contribution in [3.8, 4) is 5.75 Å². The standard InChI is InChI=1S/C23H29NO/c1-7-25-18-13-11-17(12-14-18)23(4,5)22-15-20-19(16(2)3)9-8-10-21(20)24(22)6/h8-16H,7H2,1-6H3. The van der Waals surface area contributed by atoms with E-state index in [0.29, 0.717) is 12.5 Å². The lowest BCUT2D eigenvalue weighted by atomic mass is 9.81. The summed E-state index contributed by atoms with van der Waals surface area (Å²) in [4.78, 5) is 0. The molecule has 132 valence electrons. The molecule has 0 aliphatic heterocycles. The van der Waals surface area contributed by atoms with Crippen molar-refractivity contribution in [2.45, 2.75) is 46.0 Å². The zero-order valence-electron chi connectivity index (χ0n) is 16.3. The Hall–Kier alpha value is -2.22. The number of ether oxygens (including phenoxy) is 1. The Kier molecular flexibility index (Phi) is 4.64. The largest absolute Gasteiger partial charge is 0.494 e. The van der Waals surface area contributed by atoms with Crippen LogP contribution in [0.3, 0.4) is 0 Å². The molecule has 0 aliphatic carbocycles. The monoisotopic (exact) mass is 335 g/mol. The predicted molar refractivity (Wildman–Crippen MR) is 107 cm³/mol. The molecule has 0 fully saturated rings. The topological polar surface area (TPSA) is 14.2 Å². The third-order valence-corrected chi connectivity index (χ3v) is 5.27. The molecule has 25 heavy (non-hydrogen) atoms. The minimum absolute atomic E-state index is 0.0766. The van der Waals surface area contributed by atoms with Gasteiger partial charge in [0, 0.05) is 29.1 Å². The first-order chi connectivity index (χ1) is 11.9. The summed E-state index contributed by atoms with van der Waals surface area (Å²) in [6.45, 7) is 11.8. The average Bonchev–Trinajstić information content (AvgIpc) is 2.93. The molecule has 2 nitrogen and oxygen atoms in total. The van der Waals surface area contributed by atoms with E-state index >= 15 is 0 Å². The highest BCUT2D eigenvalue weighted by Crippen LogP contribution is 2.37. The summed E-state index contributed by atoms with van der Waals surface area (Å²) in [5.74, 6) is 1.45. The second kappa shape index (κ2) is 6.59. The summed E-state index contributed by atoms with van der Waals surface area (Å²) >= 11 is 0. The lowest BCUT2D eigenvalue weighted by Gasteiger charge is -2.26. The van der Waals surface area contributed by atoms with Crippen LogP contribution in [0, 0.1) is 0 Å². The first kappa shape index (κ1) is 17.6. The van der Waals surface area contributed by atoms with Crippen LogP contribution < -0.4 is 4.74 Å². The Morgan fingerprint density at radius 2 is 1.72 bits per heavy atom. The third-order valence-electron chi connectivity index (χ3n) is 5.27. The van der Waals surface area contributed by atoms with Gasteiger partial charge in [-0.05, 0) is 48.2 Å². The Morgan fingerprint density at radius 3 is 2.32 bits per heavy atom. The van der Waals surface area contributed by atoms with Crippen molar-refractivity contribution in [1.82, 2.24) is 4.57 Å². The molecule has 0 N–H and O–H groups in total. The number of hydrogen-bond acceptors (Lipinski definition) is 1. The number of fused-ring (bicyclic) bond motifs is 1. The molecular formula is C23H29NO. The van der Waals surface area contributed by atoms with Gasteiger partial charge in [-0.15, -0.1) is 0 Å². The van der Waals surface area contributed by atoms with E-state index in [9.17, 15) is 0 Å². The van der Waals surface area contributed by atoms with Crippen LogP contribution in [0.5, 0.6) is 5.75 Å². The summed E-state index contributed by atoms with van der Waals surface area (Å²) in [5.41, 5.74) is 5.28. The van der Waals surface area contributed by atoms with Crippen LogP contribution in [0.1, 0.15) is 57.4 Å². The molecule has 0 saturated heterocycles. The second-order valence-corrected chi connectivity index (χ2v) is 7.61. The van der Waals surface area contributed by atoms with Gasteiger partial charge in [0.1, 0.15) is 5.75 Å². The zero-order chi connectivity index (χ0) is 18.2. The van der Waals surface area contributed by atoms with Crippen LogP contribution in [0.15, 0.2) is 48.5 Å². The molecular weight excluding hydrogens is 306 g/mol. The summed E-state index contributed by atoms with van der Waals surface area (Å²) in [5, 5.41) is 1.37. The number of benzene rings is 2. The number of aromatic nitrogens is 1. The van der Waals surface area contributed by atoms with Gasteiger partial charge in [-0.1, -0.05) is 52.0 Å². The van der Waals surface area contributed by atoms with Crippen molar-refractivity contribution in [2.75, 3.05) is 6.61 Å². The average molecular weight is 335 g/mol. The second-order valence-electron chi connectivity index (χ2n) is 7.61. The fourth-order valence-corrected chi connectivity index (χ4v) is 3.77. The van der Waals surface area contributed by atoms with Crippen LogP contribution in [-0.4, -0.2) is 11.2 Å². The SMILES string of the molecule is CCOc1ccc(C(C)(C)c2cc3c(C(C)C)cccc3n2C)cc1. The van der Waals surface area contributed by atoms with Gasteiger partial charge in [0.2, 0.25) is 0 Å². The lowest BCUT2D eigenvalue weighted by molar-refractivity contribution is 0.340. The quantitative estimate of drug-likeness (QED) is 0.555. The van der Waals surface area contributed by atoms with Gasteiger partial charge in [0.25, 0.3) is 0 Å². The van der Waals surface area contributed by atoms with Gasteiger partial charge in [0.15, 0.2) is 0 Å². The van der Waals surface area contributed by atoms with Crippen LogP contribution in [0.2, 0.25) is 0 Å². The van der Waals surface area contributed by atoms with Crippen molar-refractivity contribution >= 4 is 10.9 Å². The number of rotatable bonds is 5. The van der Waals surface area contributed by atoms with Gasteiger partial charge in [-0.3, -0.25) is 0 Å². The Labute approximate surface area is 151 Å². The molecule has 0 unspecified atom stereocenters. The third kappa shape index (κ3) is 3.06. The van der Waals surface area contributed by atoms with E-state index in [1.807, 2.05) is 6.92 Å². The molecule has 0 saturated carbocycles. The van der Waals surface area contributed by atoms with E-state index in [0.717, 1.165) is 5.75 Å². The molecule has 0 aliphatic rings. The Morgan fingerprint density at radius 1 is 1.04 bits per heavy atom. The molecule has 0 radical (unpaired) electrons. The van der Waals surface area contributed by atoms with E-state index in [4.69, 9.17) is 4.74 Å². The van der Waals surface area contributed by atoms with Crippen molar-refractivity contribution in [2.24, 2.45) is 7.05 Å². The van der Waals surface area contributed by atoms with Gasteiger partial charge in [-0.2, -0.15) is 0 Å². The van der Waals surface area contributed by atoms with Crippen LogP contribution in [0.4, 0.5) is 0 Å². The molecule has 0 amide bonds. The first-order valence-electron chi connectivity index (χ1n) is 9.18. The van der Waals surface area contributed by atoms with Gasteiger partial charge in [0.05, 0.1) is 6.61 Å². The Balaban J connectivity index is 2.10. The highest BCUT2D eigenvalue weighted by molar-refractivity contribution is 5.85. The highest BCUT2D eigenvalue weighted by Gasteiger charge is 2.27. The molecule has 1 heterocycles. The van der Waals surface area contributed by atoms with E-state index in [1.165, 1.54) is 27.7 Å². The zero-order valence-corrected chi connectivity index (χ0v) is 16.3. The smallest absolute Gasteiger partial charge is 0.119 e. The number of hydrogen-bond donors (Lipinski definition) is 0. The van der Waals surface area contributed by atoms with E-state index in [2.05, 4.69) is 87.8 Å². The molecule has 3 aromatic rings. The van der Waals surface area contributed by atoms with Crippen molar-refractivity contribution < 1.29 is 4.74 Å². The predicted octanol–water partition coefficient (Wildman–Crippen LogP) is 6.03. The number of aryl methyl sites for hydroxylation is 1. The minimum atomic E-state index is -0.0766. The fourth-order valence-electron chi connectivity index (χ4n) is 3.77. The van der Waals surface area contributed by atoms with Gasteiger partial charge < -0.3 is 9.30 Å². The molecule has 0 bridgehead atoms. The molecule has 1 aromatic heterocycles. The minimum Gasteiger partial charge on any atom is -0.494 e. The molecule has 2 aromatic carbocycles. The maximum atomic E-state index is 5.59. The normalized spacial score (nSPS) is 12.1. The maximum absolute atomic E-state index is 5.59. The number of nitrogens with zero attached hydrogens (tertiary/aromatic N) is 1. The van der Waals surface area contributed by atoms with Crippen molar-refractivity contribution in [1.29, 1.82) is 0 Å². The summed E-state index contributed by atoms with van der Waals surface area (Å²) in [7, 11) is 2.18.